The molecule has 3 aromatic rings. The Bertz CT molecular complexity index is 1310. The molecule has 2 heterocycles. The van der Waals surface area contributed by atoms with Crippen LogP contribution in [-0.4, -0.2) is 17.6 Å². The minimum atomic E-state index is -4.59. The smallest absolute Gasteiger partial charge is 0.304 e. The summed E-state index contributed by atoms with van der Waals surface area (Å²) in [5.74, 6) is -0.958. The summed E-state index contributed by atoms with van der Waals surface area (Å²) in [7, 11) is 0. The van der Waals surface area contributed by atoms with Crippen molar-refractivity contribution in [1.29, 1.82) is 0 Å². The van der Waals surface area contributed by atoms with Crippen molar-refractivity contribution in [3.63, 3.8) is 0 Å². The van der Waals surface area contributed by atoms with Crippen LogP contribution in [0, 0.1) is 0 Å². The number of benzene rings is 3. The molecule has 10 heteroatoms. The molecule has 1 spiro atoms. The Labute approximate surface area is 207 Å². The minimum absolute atomic E-state index is 0.00519. The highest BCUT2D eigenvalue weighted by Crippen LogP contribution is 2.56. The Morgan fingerprint density at radius 2 is 1.62 bits per heavy atom. The fraction of sp³-hybridized carbons (Fsp3) is 0.167. The molecule has 0 radical (unpaired) electrons. The molecule has 3 aromatic carbocycles. The number of fused-ring (bicyclic) bond motifs is 2. The van der Waals surface area contributed by atoms with Crippen molar-refractivity contribution in [2.75, 3.05) is 15.6 Å². The van der Waals surface area contributed by atoms with Crippen LogP contribution in [0.5, 0.6) is 0 Å². The van der Waals surface area contributed by atoms with Gasteiger partial charge in [0.05, 0.1) is 23.5 Å². The Morgan fingerprint density at radius 1 is 0.941 bits per heavy atom. The number of para-hydroxylation sites is 1. The van der Waals surface area contributed by atoms with Crippen LogP contribution < -0.4 is 9.80 Å². The third-order valence-electron chi connectivity index (χ3n) is 5.87. The number of nitrogens with zero attached hydrogens (tertiary/aromatic N) is 2. The lowest BCUT2D eigenvalue weighted by Gasteiger charge is -2.33. The van der Waals surface area contributed by atoms with E-state index in [1.807, 2.05) is 0 Å². The zero-order valence-electron chi connectivity index (χ0n) is 17.3. The predicted molar refractivity (Wildman–Crippen MR) is 127 cm³/mol. The van der Waals surface area contributed by atoms with E-state index in [-0.39, 0.29) is 18.0 Å². The van der Waals surface area contributed by atoms with Crippen molar-refractivity contribution in [2.45, 2.75) is 17.6 Å². The maximum Gasteiger partial charge on any atom is 0.416 e. The number of anilines is 2. The lowest BCUT2D eigenvalue weighted by molar-refractivity contribution is -0.137. The van der Waals surface area contributed by atoms with Crippen LogP contribution in [0.25, 0.3) is 0 Å². The fourth-order valence-electron chi connectivity index (χ4n) is 4.38. The topological polar surface area (TPSA) is 40.6 Å². The van der Waals surface area contributed by atoms with Crippen LogP contribution in [0.2, 0.25) is 10.0 Å². The molecule has 1 atom stereocenters. The van der Waals surface area contributed by atoms with Gasteiger partial charge >= 0.3 is 6.18 Å². The summed E-state index contributed by atoms with van der Waals surface area (Å²) in [5, 5.41) is 0.757. The molecule has 0 aliphatic carbocycles. The van der Waals surface area contributed by atoms with Crippen molar-refractivity contribution in [3.8, 4) is 0 Å². The van der Waals surface area contributed by atoms with Crippen LogP contribution in [0.4, 0.5) is 24.5 Å². The van der Waals surface area contributed by atoms with E-state index >= 15 is 0 Å². The molecule has 1 fully saturated rings. The summed E-state index contributed by atoms with van der Waals surface area (Å²) < 4.78 is 40.2. The molecule has 4 nitrogen and oxygen atoms in total. The van der Waals surface area contributed by atoms with Crippen molar-refractivity contribution < 1.29 is 22.8 Å². The average Bonchev–Trinajstić information content (AvgIpc) is 3.26. The third-order valence-corrected chi connectivity index (χ3v) is 7.97. The largest absolute Gasteiger partial charge is 0.416 e. The van der Waals surface area contributed by atoms with Gasteiger partial charge in [-0.1, -0.05) is 53.5 Å². The van der Waals surface area contributed by atoms with Crippen molar-refractivity contribution >= 4 is 58.2 Å². The molecule has 174 valence electrons. The minimum Gasteiger partial charge on any atom is -0.304 e. The van der Waals surface area contributed by atoms with Crippen LogP contribution in [-0.2, 0) is 27.2 Å². The number of rotatable bonds is 3. The van der Waals surface area contributed by atoms with E-state index in [1.54, 1.807) is 42.5 Å². The van der Waals surface area contributed by atoms with Gasteiger partial charge in [0.25, 0.3) is 5.91 Å². The molecule has 0 aromatic heterocycles. The van der Waals surface area contributed by atoms with Gasteiger partial charge in [0.2, 0.25) is 10.8 Å². The molecule has 0 saturated carbocycles. The maximum atomic E-state index is 14.0. The third kappa shape index (κ3) is 3.47. The highest BCUT2D eigenvalue weighted by atomic mass is 35.5. The van der Waals surface area contributed by atoms with Gasteiger partial charge in [-0.25, -0.2) is 0 Å². The average molecular weight is 523 g/mol. The first-order chi connectivity index (χ1) is 16.1. The van der Waals surface area contributed by atoms with Gasteiger partial charge in [-0.15, -0.1) is 11.8 Å². The quantitative estimate of drug-likeness (QED) is 0.394. The van der Waals surface area contributed by atoms with Crippen LogP contribution in [0.1, 0.15) is 16.7 Å². The van der Waals surface area contributed by atoms with E-state index in [4.69, 9.17) is 23.2 Å². The second-order valence-corrected chi connectivity index (χ2v) is 9.80. The molecule has 0 bridgehead atoms. The number of alkyl halides is 3. The molecule has 0 unspecified atom stereocenters. The summed E-state index contributed by atoms with van der Waals surface area (Å²) in [6.07, 6.45) is -4.59. The summed E-state index contributed by atoms with van der Waals surface area (Å²) in [6, 6.07) is 16.4. The van der Waals surface area contributed by atoms with Gasteiger partial charge < -0.3 is 4.90 Å². The Kier molecular flexibility index (Phi) is 5.58. The zero-order chi connectivity index (χ0) is 24.3. The molecule has 0 N–H and O–H groups in total. The van der Waals surface area contributed by atoms with Crippen molar-refractivity contribution in [2.24, 2.45) is 0 Å². The fourth-order valence-corrected chi connectivity index (χ4v) is 6.25. The lowest BCUT2D eigenvalue weighted by Crippen LogP contribution is -2.49. The van der Waals surface area contributed by atoms with E-state index in [0.29, 0.717) is 26.9 Å². The van der Waals surface area contributed by atoms with Gasteiger partial charge in [0.1, 0.15) is 0 Å². The lowest BCUT2D eigenvalue weighted by atomic mass is 10.0. The van der Waals surface area contributed by atoms with E-state index in [0.717, 1.165) is 23.9 Å². The highest BCUT2D eigenvalue weighted by molar-refractivity contribution is 8.02. The summed E-state index contributed by atoms with van der Waals surface area (Å²) in [4.78, 5) is 28.2. The van der Waals surface area contributed by atoms with E-state index in [1.165, 1.54) is 21.9 Å². The molecule has 2 aliphatic heterocycles. The summed E-state index contributed by atoms with van der Waals surface area (Å²) in [5.41, 5.74) is 0.707. The highest BCUT2D eigenvalue weighted by Gasteiger charge is 2.61. The Hall–Kier alpha value is -2.68. The van der Waals surface area contributed by atoms with Gasteiger partial charge in [0, 0.05) is 26.9 Å². The number of thioether (sulfide) groups is 1. The molecular formula is C24H15Cl2F3N2O2S. The summed E-state index contributed by atoms with van der Waals surface area (Å²) >= 11 is 13.8. The van der Waals surface area contributed by atoms with Crippen LogP contribution in [0.3, 0.4) is 0 Å². The first kappa shape index (κ1) is 23.1. The molecule has 2 amide bonds. The Morgan fingerprint density at radius 3 is 2.32 bits per heavy atom. The normalized spacial score (nSPS) is 19.9. The van der Waals surface area contributed by atoms with Crippen molar-refractivity contribution in [3.05, 3.63) is 93.5 Å². The number of amides is 2. The molecular weight excluding hydrogens is 508 g/mol. The monoisotopic (exact) mass is 522 g/mol. The van der Waals surface area contributed by atoms with Crippen LogP contribution >= 0.6 is 35.0 Å². The van der Waals surface area contributed by atoms with Gasteiger partial charge in [-0.3, -0.25) is 14.5 Å². The van der Waals surface area contributed by atoms with Crippen molar-refractivity contribution in [1.82, 2.24) is 0 Å². The first-order valence-corrected chi connectivity index (χ1v) is 11.9. The van der Waals surface area contributed by atoms with Gasteiger partial charge in [-0.2, -0.15) is 13.2 Å². The van der Waals surface area contributed by atoms with Gasteiger partial charge in [0.15, 0.2) is 0 Å². The SMILES string of the molecule is O=C1CS[C@]2(C(=O)N(Cc3c(Cl)cccc3Cl)c3ccccc32)N1c1cccc(C(F)(F)F)c1. The van der Waals surface area contributed by atoms with E-state index < -0.39 is 28.4 Å². The number of carbonyl (C=O) groups excluding carboxylic acids is 2. The van der Waals surface area contributed by atoms with E-state index in [9.17, 15) is 22.8 Å². The number of halogens is 5. The number of hydrogen-bond donors (Lipinski definition) is 0. The molecule has 5 rings (SSSR count). The first-order valence-electron chi connectivity index (χ1n) is 10.1. The molecule has 2 aliphatic rings. The molecule has 34 heavy (non-hydrogen) atoms. The zero-order valence-corrected chi connectivity index (χ0v) is 19.6. The standard InChI is InChI=1S/C24H15Cl2F3N2O2S/c25-18-8-4-9-19(26)16(18)12-30-20-10-2-1-7-17(20)23(22(30)33)31(21(32)13-34-23)15-6-3-5-14(11-15)24(27,28)29/h1-11H,12-13H2/t23-/m1/s1. The van der Waals surface area contributed by atoms with Gasteiger partial charge in [-0.05, 0) is 36.4 Å². The second kappa shape index (κ2) is 8.22. The Balaban J connectivity index is 1.65. The van der Waals surface area contributed by atoms with Crippen LogP contribution in [0.15, 0.2) is 66.7 Å². The van der Waals surface area contributed by atoms with E-state index in [2.05, 4.69) is 0 Å². The number of hydrogen-bond acceptors (Lipinski definition) is 3. The summed E-state index contributed by atoms with van der Waals surface area (Å²) in [6.45, 7) is 0.0429. The molecule has 1 saturated heterocycles. The predicted octanol–water partition coefficient (Wildman–Crippen LogP) is 6.49. The maximum absolute atomic E-state index is 14.0. The number of carbonyl (C=O) groups is 2. The second-order valence-electron chi connectivity index (χ2n) is 7.82.